The van der Waals surface area contributed by atoms with Crippen molar-refractivity contribution < 1.29 is 14.6 Å². The molecular weight excluding hydrogens is 232 g/mol. The largest absolute Gasteiger partial charge is 0.490 e. The first-order chi connectivity index (χ1) is 8.77. The van der Waals surface area contributed by atoms with E-state index >= 15 is 0 Å². The molecule has 0 aliphatic heterocycles. The zero-order valence-corrected chi connectivity index (χ0v) is 11.1. The van der Waals surface area contributed by atoms with E-state index in [-0.39, 0.29) is 0 Å². The molecule has 102 valence electrons. The van der Waals surface area contributed by atoms with Crippen LogP contribution in [0.1, 0.15) is 19.8 Å². The van der Waals surface area contributed by atoms with Crippen LogP contribution in [0.25, 0.3) is 0 Å². The van der Waals surface area contributed by atoms with Gasteiger partial charge in [0.2, 0.25) is 0 Å². The molecule has 5 heteroatoms. The number of aliphatic hydroxyl groups is 1. The van der Waals surface area contributed by atoms with Gasteiger partial charge in [0, 0.05) is 19.9 Å². The van der Waals surface area contributed by atoms with Crippen molar-refractivity contribution in [2.75, 3.05) is 32.2 Å². The van der Waals surface area contributed by atoms with Gasteiger partial charge >= 0.3 is 0 Å². The SMILES string of the molecule is CCCOc1cccnc1NCCC(O)COC. The Morgan fingerprint density at radius 1 is 1.50 bits per heavy atom. The molecule has 0 saturated carbocycles. The van der Waals surface area contributed by atoms with Crippen molar-refractivity contribution in [1.29, 1.82) is 0 Å². The zero-order chi connectivity index (χ0) is 13.2. The Bertz CT molecular complexity index is 334. The summed E-state index contributed by atoms with van der Waals surface area (Å²) in [5, 5.41) is 12.7. The third-order valence-electron chi connectivity index (χ3n) is 2.36. The average Bonchev–Trinajstić information content (AvgIpc) is 2.38. The molecule has 1 aromatic heterocycles. The lowest BCUT2D eigenvalue weighted by Crippen LogP contribution is -2.18. The minimum Gasteiger partial charge on any atom is -0.490 e. The molecule has 0 radical (unpaired) electrons. The molecule has 1 rings (SSSR count). The summed E-state index contributed by atoms with van der Waals surface area (Å²) in [6, 6.07) is 3.73. The molecule has 0 bridgehead atoms. The maximum Gasteiger partial charge on any atom is 0.168 e. The van der Waals surface area contributed by atoms with Crippen LogP contribution in [0.5, 0.6) is 5.75 Å². The molecule has 1 aromatic rings. The standard InChI is InChI=1S/C13H22N2O3/c1-3-9-18-12-5-4-7-14-13(12)15-8-6-11(16)10-17-2/h4-5,7,11,16H,3,6,8-10H2,1-2H3,(H,14,15). The van der Waals surface area contributed by atoms with Gasteiger partial charge < -0.3 is 19.9 Å². The van der Waals surface area contributed by atoms with Crippen LogP contribution in [-0.4, -0.2) is 43.1 Å². The van der Waals surface area contributed by atoms with Crippen LogP contribution in [0.4, 0.5) is 5.82 Å². The number of anilines is 1. The number of aliphatic hydroxyl groups excluding tert-OH is 1. The summed E-state index contributed by atoms with van der Waals surface area (Å²) in [7, 11) is 1.58. The van der Waals surface area contributed by atoms with Crippen molar-refractivity contribution in [3.63, 3.8) is 0 Å². The minimum absolute atomic E-state index is 0.350. The van der Waals surface area contributed by atoms with Gasteiger partial charge in [-0.2, -0.15) is 0 Å². The summed E-state index contributed by atoms with van der Waals surface area (Å²) in [4.78, 5) is 4.23. The van der Waals surface area contributed by atoms with E-state index < -0.39 is 6.10 Å². The van der Waals surface area contributed by atoms with Crippen LogP contribution in [0.2, 0.25) is 0 Å². The summed E-state index contributed by atoms with van der Waals surface area (Å²) in [5.74, 6) is 1.47. The summed E-state index contributed by atoms with van der Waals surface area (Å²) in [6.07, 6.45) is 2.83. The number of hydrogen-bond acceptors (Lipinski definition) is 5. The fourth-order valence-corrected chi connectivity index (χ4v) is 1.48. The van der Waals surface area contributed by atoms with Crippen molar-refractivity contribution in [1.82, 2.24) is 4.98 Å². The number of nitrogens with zero attached hydrogens (tertiary/aromatic N) is 1. The highest BCUT2D eigenvalue weighted by atomic mass is 16.5. The lowest BCUT2D eigenvalue weighted by molar-refractivity contribution is 0.0615. The summed E-state index contributed by atoms with van der Waals surface area (Å²) in [6.45, 7) is 3.71. The van der Waals surface area contributed by atoms with Crippen LogP contribution in [-0.2, 0) is 4.74 Å². The molecule has 1 atom stereocenters. The molecular formula is C13H22N2O3. The first-order valence-corrected chi connectivity index (χ1v) is 6.26. The Labute approximate surface area is 108 Å². The topological polar surface area (TPSA) is 63.6 Å². The minimum atomic E-state index is -0.453. The van der Waals surface area contributed by atoms with E-state index in [0.717, 1.165) is 18.0 Å². The van der Waals surface area contributed by atoms with Gasteiger partial charge in [-0.05, 0) is 25.0 Å². The quantitative estimate of drug-likeness (QED) is 0.702. The second-order valence-electron chi connectivity index (χ2n) is 4.02. The normalized spacial score (nSPS) is 12.2. The van der Waals surface area contributed by atoms with Gasteiger partial charge in [0.25, 0.3) is 0 Å². The number of ether oxygens (including phenoxy) is 2. The lowest BCUT2D eigenvalue weighted by atomic mass is 10.2. The van der Waals surface area contributed by atoms with Crippen molar-refractivity contribution in [2.24, 2.45) is 0 Å². The van der Waals surface area contributed by atoms with Gasteiger partial charge in [-0.3, -0.25) is 0 Å². The second kappa shape index (κ2) is 8.72. The van der Waals surface area contributed by atoms with Gasteiger partial charge in [-0.1, -0.05) is 6.92 Å². The van der Waals surface area contributed by atoms with Crippen molar-refractivity contribution in [2.45, 2.75) is 25.9 Å². The smallest absolute Gasteiger partial charge is 0.168 e. The van der Waals surface area contributed by atoms with Gasteiger partial charge in [0.05, 0.1) is 19.3 Å². The van der Waals surface area contributed by atoms with Crippen LogP contribution < -0.4 is 10.1 Å². The molecule has 0 spiro atoms. The van der Waals surface area contributed by atoms with E-state index in [2.05, 4.69) is 17.2 Å². The third-order valence-corrected chi connectivity index (χ3v) is 2.36. The van der Waals surface area contributed by atoms with E-state index in [1.54, 1.807) is 13.3 Å². The Morgan fingerprint density at radius 3 is 3.06 bits per heavy atom. The molecule has 5 nitrogen and oxygen atoms in total. The molecule has 0 fully saturated rings. The Hall–Kier alpha value is -1.33. The Morgan fingerprint density at radius 2 is 2.33 bits per heavy atom. The van der Waals surface area contributed by atoms with E-state index in [9.17, 15) is 5.11 Å². The molecule has 1 unspecified atom stereocenters. The van der Waals surface area contributed by atoms with Crippen molar-refractivity contribution >= 4 is 5.82 Å². The monoisotopic (exact) mass is 254 g/mol. The summed E-state index contributed by atoms with van der Waals surface area (Å²) < 4.78 is 10.4. The highest BCUT2D eigenvalue weighted by Crippen LogP contribution is 2.20. The van der Waals surface area contributed by atoms with Crippen LogP contribution in [0.15, 0.2) is 18.3 Å². The Balaban J connectivity index is 2.40. The molecule has 2 N–H and O–H groups in total. The molecule has 0 aromatic carbocycles. The maximum absolute atomic E-state index is 9.52. The molecule has 0 aliphatic carbocycles. The van der Waals surface area contributed by atoms with E-state index in [4.69, 9.17) is 9.47 Å². The predicted molar refractivity (Wildman–Crippen MR) is 71.0 cm³/mol. The molecule has 0 saturated heterocycles. The molecule has 18 heavy (non-hydrogen) atoms. The van der Waals surface area contributed by atoms with Gasteiger partial charge in [-0.15, -0.1) is 0 Å². The molecule has 0 aliphatic rings. The third kappa shape index (κ3) is 5.33. The van der Waals surface area contributed by atoms with Gasteiger partial charge in [0.15, 0.2) is 11.6 Å². The predicted octanol–water partition coefficient (Wildman–Crippen LogP) is 1.68. The first-order valence-electron chi connectivity index (χ1n) is 6.26. The first kappa shape index (κ1) is 14.7. The summed E-state index contributed by atoms with van der Waals surface area (Å²) in [5.41, 5.74) is 0. The number of hydrogen-bond donors (Lipinski definition) is 2. The van der Waals surface area contributed by atoms with Crippen LogP contribution in [0, 0.1) is 0 Å². The van der Waals surface area contributed by atoms with E-state index in [0.29, 0.717) is 26.2 Å². The molecule has 1 heterocycles. The lowest BCUT2D eigenvalue weighted by Gasteiger charge is -2.13. The fourth-order valence-electron chi connectivity index (χ4n) is 1.48. The number of pyridine rings is 1. The number of rotatable bonds is 9. The fraction of sp³-hybridized carbons (Fsp3) is 0.615. The zero-order valence-electron chi connectivity index (χ0n) is 11.1. The van der Waals surface area contributed by atoms with E-state index in [1.807, 2.05) is 12.1 Å². The molecule has 0 amide bonds. The van der Waals surface area contributed by atoms with E-state index in [1.165, 1.54) is 0 Å². The van der Waals surface area contributed by atoms with Crippen molar-refractivity contribution in [3.05, 3.63) is 18.3 Å². The number of methoxy groups -OCH3 is 1. The maximum atomic E-state index is 9.52. The van der Waals surface area contributed by atoms with Crippen LogP contribution >= 0.6 is 0 Å². The Kier molecular flexibility index (Phi) is 7.13. The van der Waals surface area contributed by atoms with Crippen LogP contribution in [0.3, 0.4) is 0 Å². The van der Waals surface area contributed by atoms with Crippen molar-refractivity contribution in [3.8, 4) is 5.75 Å². The number of aromatic nitrogens is 1. The average molecular weight is 254 g/mol. The van der Waals surface area contributed by atoms with Gasteiger partial charge in [-0.25, -0.2) is 4.98 Å². The number of nitrogens with one attached hydrogen (secondary N) is 1. The highest BCUT2D eigenvalue weighted by Gasteiger charge is 2.06. The second-order valence-corrected chi connectivity index (χ2v) is 4.02. The summed E-state index contributed by atoms with van der Waals surface area (Å²) >= 11 is 0. The van der Waals surface area contributed by atoms with Gasteiger partial charge in [0.1, 0.15) is 0 Å². The highest BCUT2D eigenvalue weighted by molar-refractivity contribution is 5.49.